The van der Waals surface area contributed by atoms with E-state index in [1.165, 1.54) is 12.1 Å². The Morgan fingerprint density at radius 2 is 1.81 bits per heavy atom. The van der Waals surface area contributed by atoms with Gasteiger partial charge in [0.25, 0.3) is 5.91 Å². The third kappa shape index (κ3) is 3.45. The first-order valence-corrected chi connectivity index (χ1v) is 6.67. The monoisotopic (exact) mass is 286 g/mol. The summed E-state index contributed by atoms with van der Waals surface area (Å²) in [6.45, 7) is 2.80. The van der Waals surface area contributed by atoms with Crippen molar-refractivity contribution >= 4 is 11.6 Å². The van der Waals surface area contributed by atoms with Crippen molar-refractivity contribution in [2.45, 2.75) is 13.5 Å². The topological polar surface area (TPSA) is 86.8 Å². The molecule has 1 amide bonds. The molecule has 0 radical (unpaired) electrons. The van der Waals surface area contributed by atoms with Gasteiger partial charge in [0.1, 0.15) is 11.5 Å². The van der Waals surface area contributed by atoms with Gasteiger partial charge in [-0.2, -0.15) is 0 Å². The lowest BCUT2D eigenvalue weighted by Gasteiger charge is -2.21. The van der Waals surface area contributed by atoms with Crippen LogP contribution in [0.15, 0.2) is 42.5 Å². The second kappa shape index (κ2) is 6.17. The van der Waals surface area contributed by atoms with E-state index in [2.05, 4.69) is 0 Å². The summed E-state index contributed by atoms with van der Waals surface area (Å²) < 4.78 is 0. The van der Waals surface area contributed by atoms with Gasteiger partial charge < -0.3 is 20.8 Å². The molecule has 0 spiro atoms. The molecule has 0 unspecified atom stereocenters. The van der Waals surface area contributed by atoms with Crippen LogP contribution in [-0.4, -0.2) is 27.6 Å². The minimum atomic E-state index is -0.285. The molecule has 0 aliphatic carbocycles. The summed E-state index contributed by atoms with van der Waals surface area (Å²) in [6.07, 6.45) is 0. The van der Waals surface area contributed by atoms with E-state index in [0.29, 0.717) is 18.8 Å². The van der Waals surface area contributed by atoms with Crippen LogP contribution in [-0.2, 0) is 6.54 Å². The van der Waals surface area contributed by atoms with Gasteiger partial charge in [0, 0.05) is 24.8 Å². The molecule has 0 aliphatic rings. The number of phenols is 2. The Hall–Kier alpha value is -2.69. The first kappa shape index (κ1) is 14.7. The van der Waals surface area contributed by atoms with Crippen LogP contribution in [0.25, 0.3) is 0 Å². The van der Waals surface area contributed by atoms with E-state index in [-0.39, 0.29) is 23.0 Å². The molecule has 0 bridgehead atoms. The van der Waals surface area contributed by atoms with Crippen LogP contribution in [0.4, 0.5) is 5.69 Å². The number of phenolic OH excluding ortho intramolecular Hbond substituents is 2. The highest BCUT2D eigenvalue weighted by molar-refractivity contribution is 5.97. The molecule has 4 N–H and O–H groups in total. The Morgan fingerprint density at radius 1 is 1.14 bits per heavy atom. The van der Waals surface area contributed by atoms with Crippen LogP contribution in [0, 0.1) is 0 Å². The van der Waals surface area contributed by atoms with Crippen LogP contribution >= 0.6 is 0 Å². The lowest BCUT2D eigenvalue weighted by Crippen LogP contribution is -2.30. The van der Waals surface area contributed by atoms with Gasteiger partial charge in [0.05, 0.1) is 5.56 Å². The summed E-state index contributed by atoms with van der Waals surface area (Å²) >= 11 is 0. The lowest BCUT2D eigenvalue weighted by molar-refractivity contribution is 0.0749. The number of nitrogen functional groups attached to an aromatic ring is 1. The summed E-state index contributed by atoms with van der Waals surface area (Å²) in [6, 6.07) is 11.2. The third-order valence-corrected chi connectivity index (χ3v) is 3.23. The van der Waals surface area contributed by atoms with Crippen molar-refractivity contribution in [1.29, 1.82) is 0 Å². The Kier molecular flexibility index (Phi) is 4.33. The Labute approximate surface area is 123 Å². The number of amides is 1. The van der Waals surface area contributed by atoms with Crippen molar-refractivity contribution in [3.8, 4) is 11.5 Å². The number of anilines is 1. The van der Waals surface area contributed by atoms with Crippen LogP contribution in [0.2, 0.25) is 0 Å². The highest BCUT2D eigenvalue weighted by Gasteiger charge is 2.18. The fourth-order valence-corrected chi connectivity index (χ4v) is 2.04. The molecule has 5 nitrogen and oxygen atoms in total. The molecular formula is C16H18N2O3. The van der Waals surface area contributed by atoms with Crippen molar-refractivity contribution < 1.29 is 15.0 Å². The van der Waals surface area contributed by atoms with Crippen molar-refractivity contribution in [1.82, 2.24) is 4.90 Å². The average molecular weight is 286 g/mol. The van der Waals surface area contributed by atoms with Gasteiger partial charge in [-0.15, -0.1) is 0 Å². The maximum Gasteiger partial charge on any atom is 0.257 e. The summed E-state index contributed by atoms with van der Waals surface area (Å²) in [4.78, 5) is 14.0. The zero-order chi connectivity index (χ0) is 15.4. The molecule has 21 heavy (non-hydrogen) atoms. The molecule has 5 heteroatoms. The molecule has 2 aromatic rings. The van der Waals surface area contributed by atoms with Gasteiger partial charge in [-0.1, -0.05) is 12.1 Å². The molecule has 0 heterocycles. The zero-order valence-electron chi connectivity index (χ0n) is 11.8. The lowest BCUT2D eigenvalue weighted by atomic mass is 10.1. The predicted octanol–water partition coefficient (Wildman–Crippen LogP) is 2.34. The smallest absolute Gasteiger partial charge is 0.257 e. The van der Waals surface area contributed by atoms with Crippen molar-refractivity contribution in [2.24, 2.45) is 0 Å². The molecule has 2 aromatic carbocycles. The second-order valence-corrected chi connectivity index (χ2v) is 4.76. The standard InChI is InChI=1S/C16H18N2O3/c1-2-18(10-11-3-5-12(17)6-4-11)16(21)14-8-7-13(19)9-15(14)20/h3-9,19-20H,2,10,17H2,1H3. The highest BCUT2D eigenvalue weighted by Crippen LogP contribution is 2.24. The fraction of sp³-hybridized carbons (Fsp3) is 0.188. The van der Waals surface area contributed by atoms with Crippen LogP contribution in [0.1, 0.15) is 22.8 Å². The number of nitrogens with two attached hydrogens (primary N) is 1. The Balaban J connectivity index is 2.20. The second-order valence-electron chi connectivity index (χ2n) is 4.76. The minimum absolute atomic E-state index is 0.0781. The number of benzene rings is 2. The van der Waals surface area contributed by atoms with Crippen LogP contribution < -0.4 is 5.73 Å². The number of carbonyl (C=O) groups is 1. The van der Waals surface area contributed by atoms with Gasteiger partial charge in [-0.25, -0.2) is 0 Å². The molecule has 0 saturated carbocycles. The van der Waals surface area contributed by atoms with E-state index >= 15 is 0 Å². The van der Waals surface area contributed by atoms with Crippen molar-refractivity contribution in [3.05, 3.63) is 53.6 Å². The summed E-state index contributed by atoms with van der Waals surface area (Å²) in [7, 11) is 0. The number of rotatable bonds is 4. The van der Waals surface area contributed by atoms with Gasteiger partial charge in [-0.3, -0.25) is 4.79 Å². The number of hydrogen-bond acceptors (Lipinski definition) is 4. The Morgan fingerprint density at radius 3 is 2.38 bits per heavy atom. The van der Waals surface area contributed by atoms with Crippen molar-refractivity contribution in [3.63, 3.8) is 0 Å². The van der Waals surface area contributed by atoms with Gasteiger partial charge in [-0.05, 0) is 36.8 Å². The largest absolute Gasteiger partial charge is 0.508 e. The van der Waals surface area contributed by atoms with E-state index < -0.39 is 0 Å². The molecule has 0 atom stereocenters. The molecule has 0 aromatic heterocycles. The fourth-order valence-electron chi connectivity index (χ4n) is 2.04. The molecule has 0 aliphatic heterocycles. The number of aromatic hydroxyl groups is 2. The van der Waals surface area contributed by atoms with Crippen molar-refractivity contribution in [2.75, 3.05) is 12.3 Å². The summed E-state index contributed by atoms with van der Waals surface area (Å²) in [5.74, 6) is -0.590. The molecule has 0 saturated heterocycles. The first-order chi connectivity index (χ1) is 10.0. The maximum absolute atomic E-state index is 12.4. The molecule has 2 rings (SSSR count). The quantitative estimate of drug-likeness (QED) is 0.753. The van der Waals surface area contributed by atoms with E-state index in [4.69, 9.17) is 5.73 Å². The third-order valence-electron chi connectivity index (χ3n) is 3.23. The zero-order valence-corrected chi connectivity index (χ0v) is 11.8. The summed E-state index contributed by atoms with van der Waals surface area (Å²) in [5, 5.41) is 19.1. The molecule has 0 fully saturated rings. The number of carbonyl (C=O) groups excluding carboxylic acids is 1. The average Bonchev–Trinajstić information content (AvgIpc) is 2.46. The number of hydrogen-bond donors (Lipinski definition) is 3. The van der Waals surface area contributed by atoms with Gasteiger partial charge in [0.15, 0.2) is 0 Å². The summed E-state index contributed by atoms with van der Waals surface area (Å²) in [5.41, 5.74) is 7.44. The molecular weight excluding hydrogens is 268 g/mol. The SMILES string of the molecule is CCN(Cc1ccc(N)cc1)C(=O)c1ccc(O)cc1O. The number of nitrogens with zero attached hydrogens (tertiary/aromatic N) is 1. The normalized spacial score (nSPS) is 10.3. The van der Waals surface area contributed by atoms with Gasteiger partial charge in [0.2, 0.25) is 0 Å². The van der Waals surface area contributed by atoms with E-state index in [1.54, 1.807) is 17.0 Å². The van der Waals surface area contributed by atoms with E-state index in [1.807, 2.05) is 19.1 Å². The van der Waals surface area contributed by atoms with Gasteiger partial charge >= 0.3 is 0 Å². The maximum atomic E-state index is 12.4. The van der Waals surface area contributed by atoms with E-state index in [0.717, 1.165) is 11.6 Å². The predicted molar refractivity (Wildman–Crippen MR) is 81.0 cm³/mol. The van der Waals surface area contributed by atoms with Crippen LogP contribution in [0.3, 0.4) is 0 Å². The minimum Gasteiger partial charge on any atom is -0.508 e. The highest BCUT2D eigenvalue weighted by atomic mass is 16.3. The van der Waals surface area contributed by atoms with Crippen LogP contribution in [0.5, 0.6) is 11.5 Å². The molecule has 110 valence electrons. The first-order valence-electron chi connectivity index (χ1n) is 6.67. The Bertz CT molecular complexity index is 638. The van der Waals surface area contributed by atoms with E-state index in [9.17, 15) is 15.0 Å².